The standard InChI is InChI=1S/C19H43NO5Si2/c1-16(2)27(17(3)4,18(5)6)25-19(21)12-14-20(7)13-11-15-26(22-8,23-9)24-10/h16-18H,11-15H2,1-10H3. The third-order valence-corrected chi connectivity index (χ3v) is 14.5. The van der Waals surface area contributed by atoms with Crippen molar-refractivity contribution >= 4 is 23.1 Å². The molecule has 27 heavy (non-hydrogen) atoms. The lowest BCUT2D eigenvalue weighted by Crippen LogP contribution is -2.49. The van der Waals surface area contributed by atoms with Crippen molar-refractivity contribution in [1.29, 1.82) is 0 Å². The van der Waals surface area contributed by atoms with Crippen molar-refractivity contribution in [3.05, 3.63) is 0 Å². The van der Waals surface area contributed by atoms with E-state index in [1.807, 2.05) is 7.05 Å². The highest BCUT2D eigenvalue weighted by Gasteiger charge is 2.48. The fourth-order valence-electron chi connectivity index (χ4n) is 4.12. The van der Waals surface area contributed by atoms with E-state index in [9.17, 15) is 4.79 Å². The van der Waals surface area contributed by atoms with E-state index in [0.717, 1.165) is 19.0 Å². The van der Waals surface area contributed by atoms with Gasteiger partial charge in [0.25, 0.3) is 14.3 Å². The zero-order valence-corrected chi connectivity index (χ0v) is 21.3. The van der Waals surface area contributed by atoms with Crippen molar-refractivity contribution in [1.82, 2.24) is 4.90 Å². The number of rotatable bonds is 14. The van der Waals surface area contributed by atoms with Gasteiger partial charge in [-0.05, 0) is 36.6 Å². The van der Waals surface area contributed by atoms with E-state index < -0.39 is 17.1 Å². The summed E-state index contributed by atoms with van der Waals surface area (Å²) in [5.74, 6) is -0.0565. The van der Waals surface area contributed by atoms with Crippen LogP contribution in [0.3, 0.4) is 0 Å². The molecule has 0 saturated heterocycles. The SMILES string of the molecule is CO[Si](CCCN(C)CCC(=O)O[Si](C(C)C)(C(C)C)C(C)C)(OC)OC. The second-order valence-electron chi connectivity index (χ2n) is 8.24. The zero-order valence-electron chi connectivity index (χ0n) is 19.3. The van der Waals surface area contributed by atoms with Gasteiger partial charge in [0.15, 0.2) is 0 Å². The summed E-state index contributed by atoms with van der Waals surface area (Å²) in [4.78, 5) is 14.7. The monoisotopic (exact) mass is 421 g/mol. The molecule has 6 nitrogen and oxygen atoms in total. The Morgan fingerprint density at radius 1 is 0.852 bits per heavy atom. The van der Waals surface area contributed by atoms with Crippen LogP contribution in [-0.2, 0) is 22.5 Å². The minimum Gasteiger partial charge on any atom is -0.518 e. The van der Waals surface area contributed by atoms with E-state index >= 15 is 0 Å². The molecule has 0 bridgehead atoms. The Labute approximate surface area is 169 Å². The maximum Gasteiger partial charge on any atom is 0.500 e. The lowest BCUT2D eigenvalue weighted by molar-refractivity contribution is -0.136. The van der Waals surface area contributed by atoms with Gasteiger partial charge in [0.05, 0.1) is 6.42 Å². The van der Waals surface area contributed by atoms with Gasteiger partial charge in [-0.3, -0.25) is 4.79 Å². The molecular formula is C19H43NO5Si2. The van der Waals surface area contributed by atoms with Gasteiger partial charge < -0.3 is 22.6 Å². The van der Waals surface area contributed by atoms with E-state index in [1.54, 1.807) is 21.3 Å². The first kappa shape index (κ1) is 26.7. The molecule has 162 valence electrons. The van der Waals surface area contributed by atoms with E-state index in [0.29, 0.717) is 29.6 Å². The summed E-state index contributed by atoms with van der Waals surface area (Å²) in [7, 11) is 2.27. The second-order valence-corrected chi connectivity index (χ2v) is 16.7. The zero-order chi connectivity index (χ0) is 21.3. The molecule has 0 aromatic carbocycles. The molecule has 0 unspecified atom stereocenters. The average Bonchev–Trinajstić information content (AvgIpc) is 2.61. The number of nitrogens with zero attached hydrogens (tertiary/aromatic N) is 1. The molecule has 0 rings (SSSR count). The normalized spacial score (nSPS) is 13.3. The van der Waals surface area contributed by atoms with Crippen LogP contribution in [0.4, 0.5) is 0 Å². The Hall–Kier alpha value is -0.256. The molecule has 8 heteroatoms. The van der Waals surface area contributed by atoms with Gasteiger partial charge in [0.2, 0.25) is 0 Å². The highest BCUT2D eigenvalue weighted by molar-refractivity contribution is 6.78. The summed E-state index contributed by atoms with van der Waals surface area (Å²) in [6, 6.07) is 0.759. The van der Waals surface area contributed by atoms with Gasteiger partial charge in [-0.15, -0.1) is 0 Å². The van der Waals surface area contributed by atoms with Crippen LogP contribution in [0.1, 0.15) is 54.4 Å². The molecule has 0 saturated carbocycles. The number of hydrogen-bond donors (Lipinski definition) is 0. The molecule has 0 aliphatic carbocycles. The molecule has 0 fully saturated rings. The van der Waals surface area contributed by atoms with Gasteiger partial charge in [-0.25, -0.2) is 0 Å². The molecular weight excluding hydrogens is 378 g/mol. The predicted octanol–water partition coefficient (Wildman–Crippen LogP) is 4.30. The first-order valence-electron chi connectivity index (χ1n) is 10.1. The van der Waals surface area contributed by atoms with E-state index in [1.165, 1.54) is 0 Å². The quantitative estimate of drug-likeness (QED) is 0.390. The van der Waals surface area contributed by atoms with Crippen LogP contribution in [0.15, 0.2) is 0 Å². The molecule has 0 aromatic rings. The van der Waals surface area contributed by atoms with Gasteiger partial charge in [-0.2, -0.15) is 0 Å². The molecule has 0 aliphatic rings. The molecule has 0 N–H and O–H groups in total. The highest BCUT2D eigenvalue weighted by atomic mass is 28.4. The van der Waals surface area contributed by atoms with Gasteiger partial charge in [-0.1, -0.05) is 41.5 Å². The van der Waals surface area contributed by atoms with Crippen LogP contribution < -0.4 is 0 Å². The lowest BCUT2D eigenvalue weighted by Gasteiger charge is -2.41. The summed E-state index contributed by atoms with van der Waals surface area (Å²) >= 11 is 0. The third kappa shape index (κ3) is 7.58. The van der Waals surface area contributed by atoms with Crippen LogP contribution >= 0.6 is 0 Å². The van der Waals surface area contributed by atoms with Gasteiger partial charge in [0.1, 0.15) is 0 Å². The summed E-state index contributed by atoms with van der Waals surface area (Å²) in [6.07, 6.45) is 1.33. The summed E-state index contributed by atoms with van der Waals surface area (Å²) in [5, 5.41) is 0. The minimum absolute atomic E-state index is 0.0565. The number of carbonyl (C=O) groups excluding carboxylic acids is 1. The van der Waals surface area contributed by atoms with E-state index in [2.05, 4.69) is 46.4 Å². The Morgan fingerprint density at radius 3 is 1.67 bits per heavy atom. The lowest BCUT2D eigenvalue weighted by atomic mass is 10.3. The molecule has 0 heterocycles. The van der Waals surface area contributed by atoms with Crippen molar-refractivity contribution in [2.24, 2.45) is 0 Å². The van der Waals surface area contributed by atoms with E-state index in [4.69, 9.17) is 17.7 Å². The van der Waals surface area contributed by atoms with Crippen LogP contribution in [-0.4, -0.2) is 69.5 Å². The molecule has 0 spiro atoms. The van der Waals surface area contributed by atoms with Gasteiger partial charge >= 0.3 is 8.80 Å². The maximum atomic E-state index is 12.6. The number of carbonyl (C=O) groups is 1. The Balaban J connectivity index is 4.56. The first-order valence-corrected chi connectivity index (χ1v) is 14.1. The topological polar surface area (TPSA) is 57.2 Å². The Bertz CT molecular complexity index is 398. The highest BCUT2D eigenvalue weighted by Crippen LogP contribution is 2.42. The Morgan fingerprint density at radius 2 is 1.30 bits per heavy atom. The largest absolute Gasteiger partial charge is 0.518 e. The molecule has 0 aromatic heterocycles. The smallest absolute Gasteiger partial charge is 0.500 e. The van der Waals surface area contributed by atoms with E-state index in [-0.39, 0.29) is 5.97 Å². The van der Waals surface area contributed by atoms with Gasteiger partial charge in [0, 0.05) is 33.9 Å². The van der Waals surface area contributed by atoms with Crippen LogP contribution in [0.2, 0.25) is 22.7 Å². The molecule has 0 atom stereocenters. The van der Waals surface area contributed by atoms with Crippen molar-refractivity contribution in [3.8, 4) is 0 Å². The molecule has 0 radical (unpaired) electrons. The predicted molar refractivity (Wildman–Crippen MR) is 115 cm³/mol. The second kappa shape index (κ2) is 12.3. The summed E-state index contributed by atoms with van der Waals surface area (Å²) < 4.78 is 22.5. The first-order chi connectivity index (χ1) is 12.5. The number of hydrogen-bond acceptors (Lipinski definition) is 6. The summed E-state index contributed by atoms with van der Waals surface area (Å²) in [6.45, 7) is 14.7. The minimum atomic E-state index is -2.51. The van der Waals surface area contributed by atoms with Crippen LogP contribution in [0.5, 0.6) is 0 Å². The van der Waals surface area contributed by atoms with Crippen molar-refractivity contribution in [2.45, 2.75) is 77.1 Å². The van der Waals surface area contributed by atoms with Crippen LogP contribution in [0, 0.1) is 0 Å². The average molecular weight is 422 g/mol. The Kier molecular flexibility index (Phi) is 12.2. The third-order valence-electron chi connectivity index (χ3n) is 5.65. The van der Waals surface area contributed by atoms with Crippen molar-refractivity contribution < 1.29 is 22.5 Å². The fourth-order valence-corrected chi connectivity index (χ4v) is 11.0. The summed E-state index contributed by atoms with van der Waals surface area (Å²) in [5.41, 5.74) is 1.23. The van der Waals surface area contributed by atoms with Crippen LogP contribution in [0.25, 0.3) is 0 Å². The maximum absolute atomic E-state index is 12.6. The molecule has 0 aliphatic heterocycles. The molecule has 0 amide bonds. The fraction of sp³-hybridized carbons (Fsp3) is 0.947. The van der Waals surface area contributed by atoms with Crippen molar-refractivity contribution in [3.63, 3.8) is 0 Å². The van der Waals surface area contributed by atoms with Crippen molar-refractivity contribution in [2.75, 3.05) is 41.5 Å².